The first-order valence-corrected chi connectivity index (χ1v) is 17.1. The lowest BCUT2D eigenvalue weighted by atomic mass is 9.48. The molecule has 0 amide bonds. The van der Waals surface area contributed by atoms with E-state index >= 15 is 0 Å². The second kappa shape index (κ2) is 10.1. The molecule has 0 saturated heterocycles. The molecule has 4 heteroatoms. The van der Waals surface area contributed by atoms with Gasteiger partial charge in [0.2, 0.25) is 0 Å². The van der Waals surface area contributed by atoms with E-state index < -0.39 is 0 Å². The normalized spacial score (nSPS) is 13.7. The first-order chi connectivity index (χ1) is 23.1. The number of anilines is 3. The van der Waals surface area contributed by atoms with Gasteiger partial charge in [-0.15, -0.1) is 0 Å². The average molecular weight is 623 g/mol. The minimum Gasteiger partial charge on any atom is -0.551 e. The maximum Gasteiger partial charge on any atom is 0.432 e. The molecule has 0 N–H and O–H groups in total. The van der Waals surface area contributed by atoms with Gasteiger partial charge >= 0.3 is 6.92 Å². The molecular formula is C44H39BN2O. The standard InChI is InChI=1S/C44H39BN2O/c1-43(2,3)29-24-30(44(4,5)6)26-32(25-29)47-36-21-20-28-14-10-11-17-33(28)41(36)45-42-38(47)27-37-34(22-23-46(37)31-15-8-7-9-16-31)40(42)35-18-12-13-19-39(35)48-45/h7-27H,1-6H3. The van der Waals surface area contributed by atoms with Crippen molar-refractivity contribution in [3.8, 4) is 22.6 Å². The fraction of sp³-hybridized carbons (Fsp3) is 0.182. The number of nitrogens with zero attached hydrogens (tertiary/aromatic N) is 2. The summed E-state index contributed by atoms with van der Waals surface area (Å²) < 4.78 is 9.45. The first kappa shape index (κ1) is 29.0. The molecule has 3 heterocycles. The molecule has 7 aromatic rings. The number of rotatable bonds is 2. The van der Waals surface area contributed by atoms with Crippen LogP contribution in [0.2, 0.25) is 0 Å². The van der Waals surface area contributed by atoms with Crippen LogP contribution in [-0.2, 0) is 10.8 Å². The maximum atomic E-state index is 7.12. The van der Waals surface area contributed by atoms with Crippen LogP contribution in [0.4, 0.5) is 17.1 Å². The van der Waals surface area contributed by atoms with Crippen LogP contribution in [-0.4, -0.2) is 11.5 Å². The molecule has 9 rings (SSSR count). The highest BCUT2D eigenvalue weighted by Gasteiger charge is 2.44. The summed E-state index contributed by atoms with van der Waals surface area (Å²) in [6.07, 6.45) is 2.22. The second-order valence-electron chi connectivity index (χ2n) is 15.5. The molecule has 48 heavy (non-hydrogen) atoms. The van der Waals surface area contributed by atoms with Crippen LogP contribution < -0.4 is 20.5 Å². The average Bonchev–Trinajstić information content (AvgIpc) is 3.51. The van der Waals surface area contributed by atoms with E-state index in [4.69, 9.17) is 4.65 Å². The molecule has 0 unspecified atom stereocenters. The molecule has 0 atom stereocenters. The second-order valence-corrected chi connectivity index (χ2v) is 15.5. The van der Waals surface area contributed by atoms with Crippen LogP contribution in [0.3, 0.4) is 0 Å². The molecule has 0 saturated carbocycles. The lowest BCUT2D eigenvalue weighted by Gasteiger charge is -2.41. The minimum absolute atomic E-state index is 0.0199. The quantitative estimate of drug-likeness (QED) is 0.179. The van der Waals surface area contributed by atoms with Crippen molar-refractivity contribution in [3.63, 3.8) is 0 Å². The molecule has 2 aliphatic rings. The highest BCUT2D eigenvalue weighted by Crippen LogP contribution is 2.48. The summed E-state index contributed by atoms with van der Waals surface area (Å²) >= 11 is 0. The van der Waals surface area contributed by atoms with Crippen molar-refractivity contribution < 1.29 is 4.65 Å². The summed E-state index contributed by atoms with van der Waals surface area (Å²) in [5, 5.41) is 3.69. The van der Waals surface area contributed by atoms with E-state index in [1.165, 1.54) is 66.4 Å². The fourth-order valence-electron chi connectivity index (χ4n) is 7.77. The summed E-state index contributed by atoms with van der Waals surface area (Å²) in [6, 6.07) is 44.5. The zero-order valence-corrected chi connectivity index (χ0v) is 28.5. The molecule has 0 aliphatic carbocycles. The van der Waals surface area contributed by atoms with Gasteiger partial charge in [-0.3, -0.25) is 0 Å². The Morgan fingerprint density at radius 1 is 0.562 bits per heavy atom. The van der Waals surface area contributed by atoms with Gasteiger partial charge in [-0.2, -0.15) is 0 Å². The van der Waals surface area contributed by atoms with Gasteiger partial charge in [0.1, 0.15) is 5.75 Å². The van der Waals surface area contributed by atoms with Crippen molar-refractivity contribution in [1.82, 2.24) is 4.57 Å². The third kappa shape index (κ3) is 4.28. The third-order valence-electron chi connectivity index (χ3n) is 10.3. The van der Waals surface area contributed by atoms with Crippen LogP contribution in [0, 0.1) is 0 Å². The molecule has 0 bridgehead atoms. The number of aromatic nitrogens is 1. The largest absolute Gasteiger partial charge is 0.551 e. The van der Waals surface area contributed by atoms with E-state index in [1.54, 1.807) is 0 Å². The molecular weight excluding hydrogens is 583 g/mol. The van der Waals surface area contributed by atoms with Crippen molar-refractivity contribution in [3.05, 3.63) is 139 Å². The molecule has 2 aliphatic heterocycles. The SMILES string of the molecule is CC(C)(C)c1cc(N2c3cc4c(ccn4-c4ccccc4)c4c3B(Oc3ccccc3-4)c3c2ccc2ccccc32)cc(C(C)(C)C)c1. The number of para-hydroxylation sites is 2. The van der Waals surface area contributed by atoms with Crippen molar-refractivity contribution in [2.45, 2.75) is 52.4 Å². The number of hydrogen-bond donors (Lipinski definition) is 0. The van der Waals surface area contributed by atoms with Gasteiger partial charge in [0.05, 0.1) is 5.52 Å². The van der Waals surface area contributed by atoms with Crippen LogP contribution >= 0.6 is 0 Å². The topological polar surface area (TPSA) is 17.4 Å². The Balaban J connectivity index is 1.45. The zero-order valence-electron chi connectivity index (χ0n) is 28.5. The molecule has 0 radical (unpaired) electrons. The number of benzene rings is 6. The molecule has 0 fully saturated rings. The van der Waals surface area contributed by atoms with E-state index in [0.717, 1.165) is 17.0 Å². The van der Waals surface area contributed by atoms with Crippen molar-refractivity contribution in [2.75, 3.05) is 4.90 Å². The summed E-state index contributed by atoms with van der Waals surface area (Å²) in [7, 11) is 0. The van der Waals surface area contributed by atoms with Gasteiger partial charge in [0, 0.05) is 50.8 Å². The lowest BCUT2D eigenvalue weighted by molar-refractivity contribution is 0.568. The smallest absolute Gasteiger partial charge is 0.432 e. The summed E-state index contributed by atoms with van der Waals surface area (Å²) in [6.45, 7) is 13.7. The van der Waals surface area contributed by atoms with E-state index in [2.05, 4.69) is 179 Å². The van der Waals surface area contributed by atoms with Crippen LogP contribution in [0.1, 0.15) is 52.7 Å². The van der Waals surface area contributed by atoms with Crippen molar-refractivity contribution in [1.29, 1.82) is 0 Å². The van der Waals surface area contributed by atoms with Gasteiger partial charge in [-0.1, -0.05) is 114 Å². The zero-order chi connectivity index (χ0) is 32.9. The Hall–Kier alpha value is -5.22. The highest BCUT2D eigenvalue weighted by atomic mass is 16.4. The van der Waals surface area contributed by atoms with E-state index in [1.807, 2.05) is 0 Å². The first-order valence-electron chi connectivity index (χ1n) is 17.1. The highest BCUT2D eigenvalue weighted by molar-refractivity contribution is 6.87. The summed E-state index contributed by atoms with van der Waals surface area (Å²) in [5.41, 5.74) is 13.3. The Bertz CT molecular complexity index is 2380. The summed E-state index contributed by atoms with van der Waals surface area (Å²) in [4.78, 5) is 2.53. The Kier molecular flexibility index (Phi) is 6.12. The Labute approximate surface area is 283 Å². The molecule has 0 spiro atoms. The molecule has 1 aromatic heterocycles. The van der Waals surface area contributed by atoms with E-state index in [9.17, 15) is 0 Å². The Morgan fingerprint density at radius 3 is 2.00 bits per heavy atom. The summed E-state index contributed by atoms with van der Waals surface area (Å²) in [5.74, 6) is 0.929. The van der Waals surface area contributed by atoms with Gasteiger partial charge in [-0.25, -0.2) is 0 Å². The van der Waals surface area contributed by atoms with Gasteiger partial charge in [0.25, 0.3) is 0 Å². The van der Waals surface area contributed by atoms with Crippen molar-refractivity contribution in [2.24, 2.45) is 0 Å². The fourth-order valence-corrected chi connectivity index (χ4v) is 7.77. The minimum atomic E-state index is -0.250. The van der Waals surface area contributed by atoms with Crippen LogP contribution in [0.15, 0.2) is 128 Å². The van der Waals surface area contributed by atoms with Gasteiger partial charge in [0.15, 0.2) is 0 Å². The van der Waals surface area contributed by atoms with E-state index in [-0.39, 0.29) is 17.7 Å². The monoisotopic (exact) mass is 622 g/mol. The predicted molar refractivity (Wildman–Crippen MR) is 204 cm³/mol. The third-order valence-corrected chi connectivity index (χ3v) is 10.3. The maximum absolute atomic E-state index is 7.12. The molecule has 234 valence electrons. The van der Waals surface area contributed by atoms with Crippen LogP contribution in [0.25, 0.3) is 38.5 Å². The van der Waals surface area contributed by atoms with Gasteiger partial charge in [-0.05, 0) is 86.8 Å². The Morgan fingerprint density at radius 2 is 1.25 bits per heavy atom. The van der Waals surface area contributed by atoms with Crippen molar-refractivity contribution >= 4 is 56.6 Å². The lowest BCUT2D eigenvalue weighted by Crippen LogP contribution is -2.56. The predicted octanol–water partition coefficient (Wildman–Crippen LogP) is 10.3. The van der Waals surface area contributed by atoms with Gasteiger partial charge < -0.3 is 14.1 Å². The molecule has 6 aromatic carbocycles. The van der Waals surface area contributed by atoms with E-state index in [0.29, 0.717) is 0 Å². The van der Waals surface area contributed by atoms with Crippen LogP contribution in [0.5, 0.6) is 5.75 Å². The number of hydrogen-bond acceptors (Lipinski definition) is 2. The number of fused-ring (bicyclic) bond motifs is 8. The molecule has 3 nitrogen and oxygen atoms in total.